The quantitative estimate of drug-likeness (QED) is 0.679. The highest BCUT2D eigenvalue weighted by Gasteiger charge is 2.00. The van der Waals surface area contributed by atoms with E-state index in [-0.39, 0.29) is 0 Å². The number of benzene rings is 1. The van der Waals surface area contributed by atoms with E-state index in [1.54, 1.807) is 0 Å². The summed E-state index contributed by atoms with van der Waals surface area (Å²) < 4.78 is 0. The number of rotatable bonds is 3. The van der Waals surface area contributed by atoms with Gasteiger partial charge in [0.25, 0.3) is 0 Å². The number of para-hydroxylation sites is 1. The summed E-state index contributed by atoms with van der Waals surface area (Å²) in [5.74, 6) is 0. The van der Waals surface area contributed by atoms with Crippen LogP contribution >= 0.6 is 0 Å². The first-order valence-electron chi connectivity index (χ1n) is 4.09. The zero-order valence-electron chi connectivity index (χ0n) is 7.59. The molecule has 1 aromatic carbocycles. The molecule has 0 aliphatic carbocycles. The van der Waals surface area contributed by atoms with Crippen molar-refractivity contribution in [3.63, 3.8) is 0 Å². The largest absolute Gasteiger partial charge is 0.383 e. The fourth-order valence-electron chi connectivity index (χ4n) is 1.19. The first-order valence-corrected chi connectivity index (χ1v) is 4.09. The second kappa shape index (κ2) is 3.90. The van der Waals surface area contributed by atoms with Crippen molar-refractivity contribution >= 4 is 18.1 Å². The minimum atomic E-state index is 0.910. The van der Waals surface area contributed by atoms with E-state index >= 15 is 0 Å². The van der Waals surface area contributed by atoms with Gasteiger partial charge in [0.1, 0.15) is 0 Å². The molecule has 2 heteroatoms. The number of nitrogens with one attached hydrogen (secondary N) is 1. The van der Waals surface area contributed by atoms with Crippen LogP contribution in [0, 0.1) is 6.92 Å². The van der Waals surface area contributed by atoms with Crippen molar-refractivity contribution in [2.45, 2.75) is 13.8 Å². The molecule has 0 aliphatic rings. The van der Waals surface area contributed by atoms with Crippen molar-refractivity contribution in [3.8, 4) is 0 Å². The Morgan fingerprint density at radius 2 is 2.25 bits per heavy atom. The third kappa shape index (κ3) is 1.64. The van der Waals surface area contributed by atoms with Gasteiger partial charge >= 0.3 is 0 Å². The lowest BCUT2D eigenvalue weighted by Crippen LogP contribution is -1.98. The summed E-state index contributed by atoms with van der Waals surface area (Å²) in [6.07, 6.45) is 0. The maximum absolute atomic E-state index is 3.94. The van der Waals surface area contributed by atoms with Gasteiger partial charge in [0, 0.05) is 6.54 Å². The van der Waals surface area contributed by atoms with Gasteiger partial charge in [-0.1, -0.05) is 12.1 Å². The molecule has 1 N–H and O–H groups in total. The molecule has 0 fully saturated rings. The SMILES string of the molecule is C=Nc1cccc(C)c1NCC. The lowest BCUT2D eigenvalue weighted by molar-refractivity contribution is 1.20. The predicted molar refractivity (Wildman–Crippen MR) is 54.6 cm³/mol. The van der Waals surface area contributed by atoms with Gasteiger partial charge in [-0.3, -0.25) is 4.99 Å². The standard InChI is InChI=1S/C10H14N2/c1-4-12-10-8(2)6-5-7-9(10)11-3/h5-7,12H,3-4H2,1-2H3. The fraction of sp³-hybridized carbons (Fsp3) is 0.300. The Labute approximate surface area is 73.3 Å². The third-order valence-electron chi connectivity index (χ3n) is 1.77. The molecule has 12 heavy (non-hydrogen) atoms. The zero-order chi connectivity index (χ0) is 8.97. The Bertz CT molecular complexity index is 279. The van der Waals surface area contributed by atoms with Gasteiger partial charge in [0.2, 0.25) is 0 Å². The van der Waals surface area contributed by atoms with E-state index in [9.17, 15) is 0 Å². The van der Waals surface area contributed by atoms with Crippen LogP contribution in [0.25, 0.3) is 0 Å². The Hall–Kier alpha value is -1.31. The van der Waals surface area contributed by atoms with Crippen LogP contribution in [0.4, 0.5) is 11.4 Å². The lowest BCUT2D eigenvalue weighted by atomic mass is 10.1. The predicted octanol–water partition coefficient (Wildman–Crippen LogP) is 2.76. The lowest BCUT2D eigenvalue weighted by Gasteiger charge is -2.09. The number of nitrogens with zero attached hydrogens (tertiary/aromatic N) is 1. The maximum Gasteiger partial charge on any atom is 0.0856 e. The Morgan fingerprint density at radius 1 is 1.50 bits per heavy atom. The molecule has 0 saturated heterocycles. The summed E-state index contributed by atoms with van der Waals surface area (Å²) in [4.78, 5) is 3.94. The summed E-state index contributed by atoms with van der Waals surface area (Å²) in [6, 6.07) is 6.00. The van der Waals surface area contributed by atoms with E-state index in [0.29, 0.717) is 0 Å². The summed E-state index contributed by atoms with van der Waals surface area (Å²) in [7, 11) is 0. The zero-order valence-corrected chi connectivity index (χ0v) is 7.59. The number of hydrogen-bond donors (Lipinski definition) is 1. The van der Waals surface area contributed by atoms with Gasteiger partial charge in [0.05, 0.1) is 11.4 Å². The first-order chi connectivity index (χ1) is 5.79. The molecule has 1 aromatic rings. The highest BCUT2D eigenvalue weighted by Crippen LogP contribution is 2.27. The molecule has 0 unspecified atom stereocenters. The molecule has 64 valence electrons. The van der Waals surface area contributed by atoms with Gasteiger partial charge in [-0.15, -0.1) is 0 Å². The minimum absolute atomic E-state index is 0.910. The Morgan fingerprint density at radius 3 is 2.83 bits per heavy atom. The van der Waals surface area contributed by atoms with Gasteiger partial charge in [-0.25, -0.2) is 0 Å². The van der Waals surface area contributed by atoms with Crippen molar-refractivity contribution in [1.82, 2.24) is 0 Å². The molecule has 1 rings (SSSR count). The Balaban J connectivity index is 3.10. The van der Waals surface area contributed by atoms with Crippen molar-refractivity contribution < 1.29 is 0 Å². The molecule has 0 spiro atoms. The van der Waals surface area contributed by atoms with E-state index in [4.69, 9.17) is 0 Å². The summed E-state index contributed by atoms with van der Waals surface area (Å²) in [6.45, 7) is 8.57. The maximum atomic E-state index is 3.94. The van der Waals surface area contributed by atoms with E-state index in [0.717, 1.165) is 17.9 Å². The summed E-state index contributed by atoms with van der Waals surface area (Å²) >= 11 is 0. The van der Waals surface area contributed by atoms with E-state index in [1.807, 2.05) is 12.1 Å². The van der Waals surface area contributed by atoms with Crippen LogP contribution in [0.15, 0.2) is 23.2 Å². The highest BCUT2D eigenvalue weighted by atomic mass is 14.9. The van der Waals surface area contributed by atoms with Gasteiger partial charge in [-0.2, -0.15) is 0 Å². The summed E-state index contributed by atoms with van der Waals surface area (Å²) in [5, 5.41) is 3.26. The molecule has 0 amide bonds. The molecule has 0 aliphatic heterocycles. The van der Waals surface area contributed by atoms with Crippen LogP contribution in [0.3, 0.4) is 0 Å². The number of hydrogen-bond acceptors (Lipinski definition) is 2. The van der Waals surface area contributed by atoms with Crippen LogP contribution in [0.2, 0.25) is 0 Å². The molecule has 0 aromatic heterocycles. The molecule has 0 heterocycles. The number of aryl methyl sites for hydroxylation is 1. The van der Waals surface area contributed by atoms with Crippen molar-refractivity contribution in [2.24, 2.45) is 4.99 Å². The average molecular weight is 162 g/mol. The third-order valence-corrected chi connectivity index (χ3v) is 1.77. The van der Waals surface area contributed by atoms with Crippen LogP contribution in [0.1, 0.15) is 12.5 Å². The topological polar surface area (TPSA) is 24.4 Å². The van der Waals surface area contributed by atoms with Gasteiger partial charge < -0.3 is 5.32 Å². The van der Waals surface area contributed by atoms with Crippen LogP contribution < -0.4 is 5.32 Å². The normalized spacial score (nSPS) is 9.50. The highest BCUT2D eigenvalue weighted by molar-refractivity contribution is 5.71. The van der Waals surface area contributed by atoms with Crippen molar-refractivity contribution in [1.29, 1.82) is 0 Å². The van der Waals surface area contributed by atoms with E-state index in [2.05, 4.69) is 36.9 Å². The van der Waals surface area contributed by atoms with E-state index in [1.165, 1.54) is 5.56 Å². The van der Waals surface area contributed by atoms with Crippen LogP contribution in [-0.2, 0) is 0 Å². The Kier molecular flexibility index (Phi) is 2.86. The number of aliphatic imine (C=N–C) groups is 1. The molecular weight excluding hydrogens is 148 g/mol. The molecule has 0 radical (unpaired) electrons. The van der Waals surface area contributed by atoms with Crippen LogP contribution in [-0.4, -0.2) is 13.3 Å². The van der Waals surface area contributed by atoms with E-state index < -0.39 is 0 Å². The molecule has 0 bridgehead atoms. The van der Waals surface area contributed by atoms with Crippen molar-refractivity contribution in [3.05, 3.63) is 23.8 Å². The molecule has 0 atom stereocenters. The smallest absolute Gasteiger partial charge is 0.0856 e. The minimum Gasteiger partial charge on any atom is -0.383 e. The average Bonchev–Trinajstić information content (AvgIpc) is 2.09. The van der Waals surface area contributed by atoms with Gasteiger partial charge in [0.15, 0.2) is 0 Å². The monoisotopic (exact) mass is 162 g/mol. The molecular formula is C10H14N2. The second-order valence-electron chi connectivity index (χ2n) is 2.66. The summed E-state index contributed by atoms with van der Waals surface area (Å²) in [5.41, 5.74) is 3.23. The van der Waals surface area contributed by atoms with Crippen LogP contribution in [0.5, 0.6) is 0 Å². The molecule has 0 saturated carbocycles. The van der Waals surface area contributed by atoms with Crippen molar-refractivity contribution in [2.75, 3.05) is 11.9 Å². The number of anilines is 1. The molecule has 2 nitrogen and oxygen atoms in total. The fourth-order valence-corrected chi connectivity index (χ4v) is 1.19. The first kappa shape index (κ1) is 8.78. The second-order valence-corrected chi connectivity index (χ2v) is 2.66. The van der Waals surface area contributed by atoms with Gasteiger partial charge in [-0.05, 0) is 32.2 Å².